The molecule has 0 aliphatic heterocycles. The van der Waals surface area contributed by atoms with Crippen molar-refractivity contribution in [3.05, 3.63) is 38.6 Å². The van der Waals surface area contributed by atoms with Crippen molar-refractivity contribution < 1.29 is 4.79 Å². The summed E-state index contributed by atoms with van der Waals surface area (Å²) >= 11 is 5.16. The fraction of sp³-hybridized carbons (Fsp3) is 0.250. The maximum atomic E-state index is 11.3. The van der Waals surface area contributed by atoms with Gasteiger partial charge in [-0.2, -0.15) is 0 Å². The Bertz CT molecular complexity index is 555. The maximum Gasteiger partial charge on any atom is 0.271 e. The molecule has 0 fully saturated rings. The largest absolute Gasteiger partial charge is 0.368 e. The Hall–Kier alpha value is -1.47. The van der Waals surface area contributed by atoms with E-state index in [1.54, 1.807) is 30.5 Å². The number of carbonyl (C=O) groups excluding carboxylic acids is 1. The molecule has 0 aliphatic rings. The lowest BCUT2D eigenvalue weighted by Crippen LogP contribution is -2.19. The van der Waals surface area contributed by atoms with E-state index in [9.17, 15) is 4.79 Å². The molecular formula is C12H13BrN4OS. The topological polar surface area (TPSA) is 66.9 Å². The zero-order chi connectivity index (χ0) is 13.7. The molecule has 19 heavy (non-hydrogen) atoms. The number of halogens is 1. The molecule has 0 bridgehead atoms. The van der Waals surface area contributed by atoms with Gasteiger partial charge in [0.2, 0.25) is 0 Å². The van der Waals surface area contributed by atoms with E-state index < -0.39 is 0 Å². The minimum absolute atomic E-state index is 0.234. The van der Waals surface area contributed by atoms with Crippen molar-refractivity contribution in [1.82, 2.24) is 15.5 Å². The second-order valence-corrected chi connectivity index (χ2v) is 6.31. The smallest absolute Gasteiger partial charge is 0.271 e. The van der Waals surface area contributed by atoms with Gasteiger partial charge >= 0.3 is 0 Å². The third-order valence-corrected chi connectivity index (χ3v) is 4.11. The first kappa shape index (κ1) is 14.0. The molecule has 0 saturated carbocycles. The van der Waals surface area contributed by atoms with Crippen LogP contribution in [-0.2, 0) is 6.42 Å². The van der Waals surface area contributed by atoms with E-state index in [4.69, 9.17) is 0 Å². The molecule has 0 aliphatic carbocycles. The van der Waals surface area contributed by atoms with E-state index in [1.165, 1.54) is 4.88 Å². The second kappa shape index (κ2) is 6.63. The Labute approximate surface area is 123 Å². The van der Waals surface area contributed by atoms with Crippen LogP contribution in [0.2, 0.25) is 0 Å². The molecule has 0 saturated heterocycles. The Morgan fingerprint density at radius 3 is 2.74 bits per heavy atom. The molecule has 0 spiro atoms. The fourth-order valence-electron chi connectivity index (χ4n) is 1.48. The monoisotopic (exact) mass is 340 g/mol. The van der Waals surface area contributed by atoms with Crippen molar-refractivity contribution in [3.63, 3.8) is 0 Å². The van der Waals surface area contributed by atoms with Crippen molar-refractivity contribution in [3.8, 4) is 0 Å². The van der Waals surface area contributed by atoms with Gasteiger partial charge < -0.3 is 10.6 Å². The number of nitrogens with zero attached hydrogens (tertiary/aromatic N) is 2. The van der Waals surface area contributed by atoms with Gasteiger partial charge in [-0.15, -0.1) is 21.5 Å². The number of carbonyl (C=O) groups is 1. The molecule has 2 aromatic rings. The predicted octanol–water partition coefficient (Wildman–Crippen LogP) is 2.31. The van der Waals surface area contributed by atoms with Crippen LogP contribution in [0.1, 0.15) is 15.4 Å². The van der Waals surface area contributed by atoms with Gasteiger partial charge in [0.25, 0.3) is 5.91 Å². The summed E-state index contributed by atoms with van der Waals surface area (Å²) in [5.74, 6) is 0.436. The Kier molecular flexibility index (Phi) is 4.86. The van der Waals surface area contributed by atoms with Gasteiger partial charge in [-0.25, -0.2) is 0 Å². The highest BCUT2D eigenvalue weighted by Gasteiger charge is 2.05. The Morgan fingerprint density at radius 2 is 2.16 bits per heavy atom. The molecule has 2 heterocycles. The highest BCUT2D eigenvalue weighted by atomic mass is 79.9. The first-order chi connectivity index (χ1) is 9.19. The summed E-state index contributed by atoms with van der Waals surface area (Å²) in [6.07, 6.45) is 0.926. The summed E-state index contributed by atoms with van der Waals surface area (Å²) in [6.45, 7) is 0.779. The summed E-state index contributed by atoms with van der Waals surface area (Å²) in [7, 11) is 1.56. The van der Waals surface area contributed by atoms with Crippen LogP contribution in [0.15, 0.2) is 28.1 Å². The third-order valence-electron chi connectivity index (χ3n) is 2.43. The predicted molar refractivity (Wildman–Crippen MR) is 79.6 cm³/mol. The molecule has 100 valence electrons. The first-order valence-electron chi connectivity index (χ1n) is 5.73. The molecule has 0 radical (unpaired) electrons. The van der Waals surface area contributed by atoms with Gasteiger partial charge in [-0.05, 0) is 46.6 Å². The fourth-order valence-corrected chi connectivity index (χ4v) is 2.96. The van der Waals surface area contributed by atoms with Crippen molar-refractivity contribution in [2.75, 3.05) is 18.9 Å². The molecule has 5 nitrogen and oxygen atoms in total. The van der Waals surface area contributed by atoms with E-state index in [1.807, 2.05) is 6.07 Å². The summed E-state index contributed by atoms with van der Waals surface area (Å²) in [5, 5.41) is 13.5. The van der Waals surface area contributed by atoms with Crippen LogP contribution in [0.3, 0.4) is 0 Å². The quantitative estimate of drug-likeness (QED) is 0.876. The van der Waals surface area contributed by atoms with Crippen molar-refractivity contribution in [2.24, 2.45) is 0 Å². The number of nitrogens with one attached hydrogen (secondary N) is 2. The van der Waals surface area contributed by atoms with Crippen LogP contribution in [-0.4, -0.2) is 29.7 Å². The Morgan fingerprint density at radius 1 is 1.32 bits per heavy atom. The number of amides is 1. The van der Waals surface area contributed by atoms with Crippen LogP contribution < -0.4 is 10.6 Å². The van der Waals surface area contributed by atoms with Gasteiger partial charge in [0.15, 0.2) is 5.69 Å². The third kappa shape index (κ3) is 4.00. The van der Waals surface area contributed by atoms with E-state index in [0.717, 1.165) is 16.8 Å². The molecule has 2 N–H and O–H groups in total. The summed E-state index contributed by atoms with van der Waals surface area (Å²) in [6, 6.07) is 7.53. The number of thiophene rings is 1. The van der Waals surface area contributed by atoms with Crippen molar-refractivity contribution in [1.29, 1.82) is 0 Å². The van der Waals surface area contributed by atoms with Gasteiger partial charge in [0, 0.05) is 18.5 Å². The number of hydrogen-bond acceptors (Lipinski definition) is 5. The average molecular weight is 341 g/mol. The van der Waals surface area contributed by atoms with Crippen LogP contribution in [0.4, 0.5) is 5.82 Å². The lowest BCUT2D eigenvalue weighted by molar-refractivity contribution is 0.0957. The zero-order valence-electron chi connectivity index (χ0n) is 10.3. The van der Waals surface area contributed by atoms with Crippen LogP contribution in [0.25, 0.3) is 0 Å². The van der Waals surface area contributed by atoms with Gasteiger partial charge in [-0.3, -0.25) is 4.79 Å². The van der Waals surface area contributed by atoms with Gasteiger partial charge in [0.1, 0.15) is 5.82 Å². The van der Waals surface area contributed by atoms with Crippen LogP contribution >= 0.6 is 27.3 Å². The molecular weight excluding hydrogens is 328 g/mol. The Balaban J connectivity index is 1.84. The van der Waals surface area contributed by atoms with Crippen molar-refractivity contribution in [2.45, 2.75) is 6.42 Å². The minimum Gasteiger partial charge on any atom is -0.368 e. The number of aromatic nitrogens is 2. The standard InChI is InChI=1S/C12H13BrN4OS/c1-14-12(18)9-3-5-11(17-16-9)15-7-6-8-2-4-10(13)19-8/h2-5H,6-7H2,1H3,(H,14,18)(H,15,17). The highest BCUT2D eigenvalue weighted by Crippen LogP contribution is 2.22. The second-order valence-electron chi connectivity index (χ2n) is 3.77. The molecule has 1 amide bonds. The average Bonchev–Trinajstić information content (AvgIpc) is 2.84. The van der Waals surface area contributed by atoms with E-state index >= 15 is 0 Å². The molecule has 0 aromatic carbocycles. The molecule has 2 rings (SSSR count). The molecule has 0 atom stereocenters. The SMILES string of the molecule is CNC(=O)c1ccc(NCCc2ccc(Br)s2)nn1. The van der Waals surface area contributed by atoms with Gasteiger partial charge in [-0.1, -0.05) is 0 Å². The normalized spacial score (nSPS) is 10.2. The molecule has 0 unspecified atom stereocenters. The summed E-state index contributed by atoms with van der Waals surface area (Å²) in [4.78, 5) is 12.6. The lowest BCUT2D eigenvalue weighted by atomic mass is 10.3. The van der Waals surface area contributed by atoms with Crippen molar-refractivity contribution >= 4 is 39.0 Å². The number of rotatable bonds is 5. The number of hydrogen-bond donors (Lipinski definition) is 2. The molecule has 2 aromatic heterocycles. The molecule has 7 heteroatoms. The van der Waals surface area contributed by atoms with E-state index in [0.29, 0.717) is 11.5 Å². The lowest BCUT2D eigenvalue weighted by Gasteiger charge is -2.04. The van der Waals surface area contributed by atoms with E-state index in [2.05, 4.69) is 42.8 Å². The summed E-state index contributed by atoms with van der Waals surface area (Å²) in [5.41, 5.74) is 0.315. The number of anilines is 1. The van der Waals surface area contributed by atoms with Gasteiger partial charge in [0.05, 0.1) is 3.79 Å². The highest BCUT2D eigenvalue weighted by molar-refractivity contribution is 9.11. The van der Waals surface area contributed by atoms with Crippen LogP contribution in [0, 0.1) is 0 Å². The minimum atomic E-state index is -0.234. The maximum absolute atomic E-state index is 11.3. The van der Waals surface area contributed by atoms with Crippen LogP contribution in [0.5, 0.6) is 0 Å². The zero-order valence-corrected chi connectivity index (χ0v) is 12.7. The summed E-state index contributed by atoms with van der Waals surface area (Å²) < 4.78 is 1.14. The van der Waals surface area contributed by atoms with E-state index in [-0.39, 0.29) is 5.91 Å². The first-order valence-corrected chi connectivity index (χ1v) is 7.34.